The molecule has 1 saturated carbocycles. The smallest absolute Gasteiger partial charge is 0.256 e. The van der Waals surface area contributed by atoms with Crippen LogP contribution in [0.2, 0.25) is 0 Å². The van der Waals surface area contributed by atoms with Crippen molar-refractivity contribution in [2.24, 2.45) is 5.92 Å². The summed E-state index contributed by atoms with van der Waals surface area (Å²) in [4.78, 5) is 25.6. The van der Waals surface area contributed by atoms with Crippen LogP contribution in [0.4, 0.5) is 11.6 Å². The van der Waals surface area contributed by atoms with E-state index in [2.05, 4.69) is 25.6 Å². The number of carbonyl (C=O) groups is 1. The number of anilines is 2. The zero-order valence-corrected chi connectivity index (χ0v) is 18.2. The molecule has 3 atom stereocenters. The van der Waals surface area contributed by atoms with Crippen molar-refractivity contribution in [1.82, 2.24) is 30.0 Å². The lowest BCUT2D eigenvalue weighted by Gasteiger charge is -2.23. The van der Waals surface area contributed by atoms with Crippen LogP contribution < -0.4 is 16.4 Å². The third-order valence-electron chi connectivity index (χ3n) is 6.71. The molecule has 33 heavy (non-hydrogen) atoms. The summed E-state index contributed by atoms with van der Waals surface area (Å²) in [5.41, 5.74) is 10.2. The second kappa shape index (κ2) is 7.63. The molecule has 4 aromatic rings. The topological polar surface area (TPSA) is 124 Å². The van der Waals surface area contributed by atoms with Crippen LogP contribution in [-0.2, 0) is 0 Å². The number of nitrogen functional groups attached to an aromatic ring is 1. The molecule has 0 radical (unpaired) electrons. The molecule has 3 aromatic heterocycles. The Labute approximate surface area is 190 Å². The van der Waals surface area contributed by atoms with Gasteiger partial charge in [-0.05, 0) is 62.1 Å². The molecule has 9 nitrogen and oxygen atoms in total. The molecular weight excluding hydrogens is 416 g/mol. The van der Waals surface area contributed by atoms with Crippen molar-refractivity contribution >= 4 is 28.6 Å². The van der Waals surface area contributed by atoms with Gasteiger partial charge in [-0.25, -0.2) is 19.6 Å². The molecule has 1 aromatic carbocycles. The SMILES string of the molecule is Cc1ccnc(NC(=O)c2ccc(-c3nn(C4C[C@@H]5CNC4C5)c4ncnc(N)c34)cc2)c1. The minimum atomic E-state index is -0.217. The number of aromatic nitrogens is 5. The number of nitrogens with two attached hydrogens (primary N) is 1. The molecule has 2 unspecified atom stereocenters. The lowest BCUT2D eigenvalue weighted by molar-refractivity contribution is 0.102. The number of nitrogens with zero attached hydrogens (tertiary/aromatic N) is 5. The Bertz CT molecular complexity index is 1360. The highest BCUT2D eigenvalue weighted by Crippen LogP contribution is 2.41. The summed E-state index contributed by atoms with van der Waals surface area (Å²) in [6.07, 6.45) is 5.42. The van der Waals surface area contributed by atoms with Crippen LogP contribution in [0.3, 0.4) is 0 Å². The molecule has 6 rings (SSSR count). The second-order valence-corrected chi connectivity index (χ2v) is 8.92. The van der Waals surface area contributed by atoms with Crippen molar-refractivity contribution in [3.8, 4) is 11.3 Å². The first-order chi connectivity index (χ1) is 16.1. The van der Waals surface area contributed by atoms with Crippen LogP contribution in [0.15, 0.2) is 48.9 Å². The van der Waals surface area contributed by atoms with Crippen LogP contribution in [0, 0.1) is 12.8 Å². The maximum Gasteiger partial charge on any atom is 0.256 e. The number of hydrogen-bond acceptors (Lipinski definition) is 7. The van der Waals surface area contributed by atoms with E-state index in [0.717, 1.165) is 40.8 Å². The van der Waals surface area contributed by atoms with Crippen molar-refractivity contribution in [3.63, 3.8) is 0 Å². The molecule has 2 fully saturated rings. The van der Waals surface area contributed by atoms with Crippen LogP contribution >= 0.6 is 0 Å². The molecule has 4 N–H and O–H groups in total. The van der Waals surface area contributed by atoms with E-state index in [1.165, 1.54) is 12.7 Å². The van der Waals surface area contributed by atoms with Gasteiger partial charge in [0.25, 0.3) is 5.91 Å². The number of amides is 1. The molecule has 2 bridgehead atoms. The predicted octanol–water partition coefficient (Wildman–Crippen LogP) is 2.95. The Hall–Kier alpha value is -3.85. The van der Waals surface area contributed by atoms with E-state index < -0.39 is 0 Å². The monoisotopic (exact) mass is 440 g/mol. The van der Waals surface area contributed by atoms with E-state index in [-0.39, 0.29) is 11.9 Å². The predicted molar refractivity (Wildman–Crippen MR) is 126 cm³/mol. The zero-order valence-electron chi connectivity index (χ0n) is 18.2. The number of piperidine rings is 1. The van der Waals surface area contributed by atoms with Crippen molar-refractivity contribution in [2.75, 3.05) is 17.6 Å². The van der Waals surface area contributed by atoms with Gasteiger partial charge >= 0.3 is 0 Å². The first kappa shape index (κ1) is 19.8. The Kier molecular flexibility index (Phi) is 4.58. The molecule has 166 valence electrons. The standard InChI is InChI=1S/C24H24N8O/c1-13-6-7-26-19(8-13)30-24(33)16-4-2-15(3-5-16)21-20-22(25)28-12-29-23(20)32(31-21)18-10-14-9-17(18)27-11-14/h2-8,12,14,17-18,27H,9-11H2,1H3,(H2,25,28,29)(H,26,30,33)/t14-,17?,18?/m1/s1. The Morgan fingerprint density at radius 3 is 2.73 bits per heavy atom. The Morgan fingerprint density at radius 2 is 2.00 bits per heavy atom. The van der Waals surface area contributed by atoms with Crippen LogP contribution in [0.5, 0.6) is 0 Å². The summed E-state index contributed by atoms with van der Waals surface area (Å²) in [5.74, 6) is 1.40. The largest absolute Gasteiger partial charge is 0.383 e. The number of aryl methyl sites for hydroxylation is 1. The average molecular weight is 441 g/mol. The highest BCUT2D eigenvalue weighted by atomic mass is 16.1. The molecule has 1 aliphatic carbocycles. The van der Waals surface area contributed by atoms with Gasteiger partial charge in [-0.1, -0.05) is 12.1 Å². The lowest BCUT2D eigenvalue weighted by atomic mass is 10.1. The quantitative estimate of drug-likeness (QED) is 0.446. The van der Waals surface area contributed by atoms with E-state index in [1.54, 1.807) is 18.3 Å². The molecule has 9 heteroatoms. The summed E-state index contributed by atoms with van der Waals surface area (Å²) >= 11 is 0. The maximum atomic E-state index is 12.7. The highest BCUT2D eigenvalue weighted by molar-refractivity contribution is 6.04. The van der Waals surface area contributed by atoms with Gasteiger partial charge in [-0.2, -0.15) is 5.10 Å². The van der Waals surface area contributed by atoms with Gasteiger partial charge in [0.05, 0.1) is 11.4 Å². The van der Waals surface area contributed by atoms with Gasteiger partial charge in [0.1, 0.15) is 23.7 Å². The molecule has 1 amide bonds. The third-order valence-corrected chi connectivity index (χ3v) is 6.71. The fourth-order valence-corrected chi connectivity index (χ4v) is 5.09. The molecule has 4 heterocycles. The molecule has 1 saturated heterocycles. The molecule has 1 aliphatic heterocycles. The molecular formula is C24H24N8O. The van der Waals surface area contributed by atoms with Crippen LogP contribution in [0.1, 0.15) is 34.8 Å². The number of hydrogen-bond donors (Lipinski definition) is 3. The van der Waals surface area contributed by atoms with E-state index in [0.29, 0.717) is 29.2 Å². The summed E-state index contributed by atoms with van der Waals surface area (Å²) in [6.45, 7) is 3.03. The first-order valence-corrected chi connectivity index (χ1v) is 11.1. The summed E-state index contributed by atoms with van der Waals surface area (Å²) < 4.78 is 2.02. The van der Waals surface area contributed by atoms with E-state index in [9.17, 15) is 4.79 Å². The number of fused-ring (bicyclic) bond motifs is 3. The Morgan fingerprint density at radius 1 is 1.15 bits per heavy atom. The average Bonchev–Trinajstić information content (AvgIpc) is 3.54. The van der Waals surface area contributed by atoms with Crippen LogP contribution in [-0.4, -0.2) is 43.2 Å². The van der Waals surface area contributed by atoms with Gasteiger partial charge < -0.3 is 16.4 Å². The molecule has 0 spiro atoms. The molecule has 2 aliphatic rings. The minimum Gasteiger partial charge on any atom is -0.383 e. The first-order valence-electron chi connectivity index (χ1n) is 11.1. The maximum absolute atomic E-state index is 12.7. The summed E-state index contributed by atoms with van der Waals surface area (Å²) in [7, 11) is 0. The second-order valence-electron chi connectivity index (χ2n) is 8.92. The highest BCUT2D eigenvalue weighted by Gasteiger charge is 2.42. The number of nitrogens with one attached hydrogen (secondary N) is 2. The Balaban J connectivity index is 1.33. The van der Waals surface area contributed by atoms with Gasteiger partial charge in [0, 0.05) is 23.4 Å². The summed E-state index contributed by atoms with van der Waals surface area (Å²) in [5, 5.41) is 12.1. The fraction of sp³-hybridized carbons (Fsp3) is 0.292. The number of carbonyl (C=O) groups excluding carboxylic acids is 1. The van der Waals surface area contributed by atoms with Crippen molar-refractivity contribution < 1.29 is 4.79 Å². The zero-order chi connectivity index (χ0) is 22.5. The van der Waals surface area contributed by atoms with E-state index in [1.807, 2.05) is 35.9 Å². The van der Waals surface area contributed by atoms with Gasteiger partial charge in [0.2, 0.25) is 0 Å². The fourth-order valence-electron chi connectivity index (χ4n) is 5.09. The third kappa shape index (κ3) is 3.41. The number of rotatable bonds is 4. The van der Waals surface area contributed by atoms with Crippen molar-refractivity contribution in [3.05, 3.63) is 60.0 Å². The van der Waals surface area contributed by atoms with E-state index in [4.69, 9.17) is 10.8 Å². The van der Waals surface area contributed by atoms with E-state index >= 15 is 0 Å². The number of benzene rings is 1. The normalized spacial score (nSPS) is 21.5. The summed E-state index contributed by atoms with van der Waals surface area (Å²) in [6, 6.07) is 11.7. The number of pyridine rings is 1. The van der Waals surface area contributed by atoms with Crippen molar-refractivity contribution in [2.45, 2.75) is 31.8 Å². The van der Waals surface area contributed by atoms with Gasteiger partial charge in [0.15, 0.2) is 5.65 Å². The van der Waals surface area contributed by atoms with Crippen LogP contribution in [0.25, 0.3) is 22.3 Å². The lowest BCUT2D eigenvalue weighted by Crippen LogP contribution is -2.35. The van der Waals surface area contributed by atoms with Gasteiger partial charge in [-0.3, -0.25) is 4.79 Å². The van der Waals surface area contributed by atoms with Crippen molar-refractivity contribution in [1.29, 1.82) is 0 Å². The van der Waals surface area contributed by atoms with Gasteiger partial charge in [-0.15, -0.1) is 0 Å². The minimum absolute atomic E-state index is 0.217.